The molecular formula is C17H24N2S. The Balaban J connectivity index is 2.10. The Bertz CT molecular complexity index is 567. The number of likely N-dealkylation sites (N-methyl/N-ethyl adjacent to an activating group) is 1. The largest absolute Gasteiger partial charge is 0.316 e. The fourth-order valence-corrected chi connectivity index (χ4v) is 3.41. The van der Waals surface area contributed by atoms with E-state index in [-0.39, 0.29) is 0 Å². The average molecular weight is 288 g/mol. The lowest BCUT2D eigenvalue weighted by molar-refractivity contribution is 0.553. The number of hydrogen-bond acceptors (Lipinski definition) is 3. The zero-order chi connectivity index (χ0) is 14.7. The predicted octanol–water partition coefficient (Wildman–Crippen LogP) is 3.75. The highest BCUT2D eigenvalue weighted by Gasteiger charge is 2.13. The highest BCUT2D eigenvalue weighted by atomic mass is 32.1. The van der Waals surface area contributed by atoms with Crippen molar-refractivity contribution in [2.75, 3.05) is 7.05 Å². The van der Waals surface area contributed by atoms with E-state index in [1.165, 1.54) is 32.3 Å². The monoisotopic (exact) mass is 288 g/mol. The lowest BCUT2D eigenvalue weighted by atomic mass is 9.97. The second-order valence-corrected chi connectivity index (χ2v) is 6.86. The number of hydrogen-bond donors (Lipinski definition) is 1. The lowest BCUT2D eigenvalue weighted by Crippen LogP contribution is -2.30. The van der Waals surface area contributed by atoms with Gasteiger partial charge in [-0.05, 0) is 52.3 Å². The summed E-state index contributed by atoms with van der Waals surface area (Å²) in [5.41, 5.74) is 5.32. The highest BCUT2D eigenvalue weighted by Crippen LogP contribution is 2.20. The molecule has 0 aliphatic carbocycles. The summed E-state index contributed by atoms with van der Waals surface area (Å²) >= 11 is 1.82. The van der Waals surface area contributed by atoms with E-state index in [9.17, 15) is 0 Å². The van der Waals surface area contributed by atoms with Crippen molar-refractivity contribution >= 4 is 11.3 Å². The van der Waals surface area contributed by atoms with Crippen molar-refractivity contribution in [3.8, 4) is 0 Å². The lowest BCUT2D eigenvalue weighted by Gasteiger charge is -2.17. The molecule has 2 rings (SSSR count). The maximum Gasteiger partial charge on any atom is 0.0946 e. The second-order valence-electron chi connectivity index (χ2n) is 5.57. The minimum Gasteiger partial charge on any atom is -0.316 e. The molecule has 2 nitrogen and oxygen atoms in total. The molecular weight excluding hydrogens is 264 g/mol. The Hall–Kier alpha value is -1.19. The molecule has 3 heteroatoms. The van der Waals surface area contributed by atoms with E-state index >= 15 is 0 Å². The number of benzene rings is 1. The molecule has 0 amide bonds. The Kier molecular flexibility index (Phi) is 4.95. The minimum atomic E-state index is 0.445. The number of rotatable bonds is 5. The number of aromatic nitrogens is 1. The topological polar surface area (TPSA) is 24.9 Å². The molecule has 0 saturated heterocycles. The molecule has 1 atom stereocenters. The zero-order valence-corrected chi connectivity index (χ0v) is 13.9. The average Bonchev–Trinajstić information content (AvgIpc) is 2.72. The van der Waals surface area contributed by atoms with Crippen LogP contribution < -0.4 is 5.32 Å². The van der Waals surface area contributed by atoms with Crippen LogP contribution in [0.3, 0.4) is 0 Å². The van der Waals surface area contributed by atoms with Crippen molar-refractivity contribution in [1.82, 2.24) is 10.3 Å². The molecule has 108 valence electrons. The van der Waals surface area contributed by atoms with Crippen molar-refractivity contribution in [3.05, 3.63) is 50.5 Å². The van der Waals surface area contributed by atoms with Crippen molar-refractivity contribution in [2.24, 2.45) is 0 Å². The molecule has 1 N–H and O–H groups in total. The fourth-order valence-electron chi connectivity index (χ4n) is 2.40. The van der Waals surface area contributed by atoms with E-state index in [1.807, 2.05) is 18.4 Å². The number of aryl methyl sites for hydroxylation is 4. The molecule has 1 unspecified atom stereocenters. The van der Waals surface area contributed by atoms with Crippen LogP contribution in [0.5, 0.6) is 0 Å². The van der Waals surface area contributed by atoms with Crippen LogP contribution in [0.1, 0.15) is 32.3 Å². The van der Waals surface area contributed by atoms with Crippen molar-refractivity contribution in [2.45, 2.75) is 46.6 Å². The van der Waals surface area contributed by atoms with Gasteiger partial charge < -0.3 is 5.32 Å². The van der Waals surface area contributed by atoms with Gasteiger partial charge in [0.05, 0.1) is 10.7 Å². The summed E-state index contributed by atoms with van der Waals surface area (Å²) in [6.45, 7) is 8.59. The Labute approximate surface area is 126 Å². The molecule has 0 bridgehead atoms. The predicted molar refractivity (Wildman–Crippen MR) is 87.8 cm³/mol. The van der Waals surface area contributed by atoms with Crippen molar-refractivity contribution < 1.29 is 0 Å². The van der Waals surface area contributed by atoms with Gasteiger partial charge in [-0.2, -0.15) is 0 Å². The van der Waals surface area contributed by atoms with Crippen molar-refractivity contribution in [3.63, 3.8) is 0 Å². The summed E-state index contributed by atoms with van der Waals surface area (Å²) < 4.78 is 0. The van der Waals surface area contributed by atoms with Gasteiger partial charge in [0, 0.05) is 17.3 Å². The van der Waals surface area contributed by atoms with Crippen LogP contribution in [0.15, 0.2) is 18.2 Å². The first kappa shape index (κ1) is 15.2. The number of thiazole rings is 1. The van der Waals surface area contributed by atoms with Crippen LogP contribution in [0, 0.1) is 27.7 Å². The quantitative estimate of drug-likeness (QED) is 0.906. The van der Waals surface area contributed by atoms with Gasteiger partial charge in [-0.15, -0.1) is 11.3 Å². The summed E-state index contributed by atoms with van der Waals surface area (Å²) in [5.74, 6) is 0. The van der Waals surface area contributed by atoms with Crippen LogP contribution in [0.2, 0.25) is 0 Å². The summed E-state index contributed by atoms with van der Waals surface area (Å²) in [5, 5.41) is 4.68. The smallest absolute Gasteiger partial charge is 0.0946 e. The SMILES string of the molecule is CNC(Cc1nc(C)c(C)s1)Cc1cc(C)ccc1C. The maximum absolute atomic E-state index is 4.66. The molecule has 2 aromatic rings. The van der Waals surface area contributed by atoms with E-state index in [0.717, 1.165) is 12.8 Å². The first-order valence-corrected chi connectivity index (χ1v) is 7.97. The van der Waals surface area contributed by atoms with E-state index in [4.69, 9.17) is 0 Å². The third-order valence-electron chi connectivity index (χ3n) is 3.87. The van der Waals surface area contributed by atoms with E-state index in [2.05, 4.69) is 56.2 Å². The van der Waals surface area contributed by atoms with E-state index < -0.39 is 0 Å². The van der Waals surface area contributed by atoms with Crippen LogP contribution >= 0.6 is 11.3 Å². The summed E-state index contributed by atoms with van der Waals surface area (Å²) in [7, 11) is 2.04. The van der Waals surface area contributed by atoms with Gasteiger partial charge in [0.2, 0.25) is 0 Å². The Morgan fingerprint density at radius 3 is 2.50 bits per heavy atom. The first-order chi connectivity index (χ1) is 9.49. The third kappa shape index (κ3) is 3.68. The first-order valence-electron chi connectivity index (χ1n) is 7.16. The standard InChI is InChI=1S/C17H24N2S/c1-11-6-7-12(2)15(8-11)9-16(18-5)10-17-19-13(3)14(4)20-17/h6-8,16,18H,9-10H2,1-5H3. The summed E-state index contributed by atoms with van der Waals surface area (Å²) in [6.07, 6.45) is 2.06. The van der Waals surface area contributed by atoms with Crippen LogP contribution in [-0.4, -0.2) is 18.1 Å². The van der Waals surface area contributed by atoms with Gasteiger partial charge in [0.15, 0.2) is 0 Å². The van der Waals surface area contributed by atoms with Gasteiger partial charge in [0.25, 0.3) is 0 Å². The molecule has 0 fully saturated rings. The molecule has 20 heavy (non-hydrogen) atoms. The van der Waals surface area contributed by atoms with Gasteiger partial charge >= 0.3 is 0 Å². The zero-order valence-electron chi connectivity index (χ0n) is 13.1. The minimum absolute atomic E-state index is 0.445. The molecule has 0 saturated carbocycles. The fraction of sp³-hybridized carbons (Fsp3) is 0.471. The normalized spacial score (nSPS) is 12.7. The molecule has 0 radical (unpaired) electrons. The molecule has 1 heterocycles. The van der Waals surface area contributed by atoms with Gasteiger partial charge in [0.1, 0.15) is 0 Å². The Morgan fingerprint density at radius 1 is 1.15 bits per heavy atom. The summed E-state index contributed by atoms with van der Waals surface area (Å²) in [4.78, 5) is 5.99. The van der Waals surface area contributed by atoms with Gasteiger partial charge in [-0.25, -0.2) is 4.98 Å². The van der Waals surface area contributed by atoms with Gasteiger partial charge in [-0.3, -0.25) is 0 Å². The van der Waals surface area contributed by atoms with Crippen LogP contribution in [0.4, 0.5) is 0 Å². The van der Waals surface area contributed by atoms with E-state index in [1.54, 1.807) is 0 Å². The van der Waals surface area contributed by atoms with Crippen LogP contribution in [0.25, 0.3) is 0 Å². The van der Waals surface area contributed by atoms with E-state index in [0.29, 0.717) is 6.04 Å². The van der Waals surface area contributed by atoms with Gasteiger partial charge in [-0.1, -0.05) is 23.8 Å². The van der Waals surface area contributed by atoms with Crippen LogP contribution in [-0.2, 0) is 12.8 Å². The highest BCUT2D eigenvalue weighted by molar-refractivity contribution is 7.11. The Morgan fingerprint density at radius 2 is 1.90 bits per heavy atom. The molecule has 0 aliphatic heterocycles. The molecule has 1 aromatic heterocycles. The summed E-state index contributed by atoms with van der Waals surface area (Å²) in [6, 6.07) is 7.15. The molecule has 0 aliphatic rings. The second kappa shape index (κ2) is 6.51. The number of nitrogens with one attached hydrogen (secondary N) is 1. The number of nitrogens with zero attached hydrogens (tertiary/aromatic N) is 1. The van der Waals surface area contributed by atoms with Crippen molar-refractivity contribution in [1.29, 1.82) is 0 Å². The molecule has 1 aromatic carbocycles. The third-order valence-corrected chi connectivity index (χ3v) is 4.97. The maximum atomic E-state index is 4.66. The molecule has 0 spiro atoms.